The Morgan fingerprint density at radius 1 is 1.31 bits per heavy atom. The molecule has 0 radical (unpaired) electrons. The first kappa shape index (κ1) is 12.7. The van der Waals surface area contributed by atoms with Crippen molar-refractivity contribution in [2.24, 2.45) is 0 Å². The van der Waals surface area contributed by atoms with E-state index in [4.69, 9.17) is 0 Å². The Bertz CT molecular complexity index is 259. The van der Waals surface area contributed by atoms with Crippen LogP contribution < -0.4 is 0 Å². The van der Waals surface area contributed by atoms with Crippen molar-refractivity contribution in [3.05, 3.63) is 0 Å². The molecule has 0 aromatic carbocycles. The van der Waals surface area contributed by atoms with E-state index in [-0.39, 0.29) is 0 Å². The number of alkyl halides is 3. The highest BCUT2D eigenvalue weighted by molar-refractivity contribution is 7.87. The second kappa shape index (κ2) is 3.81. The molecule has 0 bridgehead atoms. The van der Waals surface area contributed by atoms with Gasteiger partial charge in [-0.1, -0.05) is 0 Å². The van der Waals surface area contributed by atoms with Crippen LogP contribution in [-0.2, 0) is 14.3 Å². The predicted octanol–water partition coefficient (Wildman–Crippen LogP) is 0.760. The molecule has 0 amide bonds. The van der Waals surface area contributed by atoms with Crippen LogP contribution in [0.5, 0.6) is 0 Å². The van der Waals surface area contributed by atoms with Crippen molar-refractivity contribution in [2.75, 3.05) is 14.1 Å². The lowest BCUT2D eigenvalue weighted by Crippen LogP contribution is -2.35. The van der Waals surface area contributed by atoms with E-state index in [1.807, 2.05) is 0 Å². The van der Waals surface area contributed by atoms with Gasteiger partial charge in [-0.05, 0) is 21.0 Å². The van der Waals surface area contributed by atoms with Crippen molar-refractivity contribution >= 4 is 10.1 Å². The highest BCUT2D eigenvalue weighted by Gasteiger charge is 2.48. The zero-order chi connectivity index (χ0) is 10.9. The average molecular weight is 221 g/mol. The SMILES string of the molecule is CC(OS(=O)(=O)C(F)(F)F)N(C)C. The molecule has 0 aliphatic rings. The topological polar surface area (TPSA) is 46.6 Å². The van der Waals surface area contributed by atoms with Crippen molar-refractivity contribution < 1.29 is 25.8 Å². The van der Waals surface area contributed by atoms with Gasteiger partial charge in [0.25, 0.3) is 0 Å². The summed E-state index contributed by atoms with van der Waals surface area (Å²) in [5.74, 6) is 0. The number of halogens is 3. The van der Waals surface area contributed by atoms with Crippen molar-refractivity contribution in [1.82, 2.24) is 4.90 Å². The van der Waals surface area contributed by atoms with Crippen molar-refractivity contribution in [2.45, 2.75) is 18.7 Å². The van der Waals surface area contributed by atoms with Gasteiger partial charge in [0.2, 0.25) is 0 Å². The molecule has 8 heteroatoms. The summed E-state index contributed by atoms with van der Waals surface area (Å²) in [6.07, 6.45) is -1.15. The quantitative estimate of drug-likeness (QED) is 0.401. The number of nitrogens with zero attached hydrogens (tertiary/aromatic N) is 1. The van der Waals surface area contributed by atoms with Crippen LogP contribution in [-0.4, -0.2) is 39.1 Å². The third kappa shape index (κ3) is 3.49. The molecule has 0 heterocycles. The summed E-state index contributed by atoms with van der Waals surface area (Å²) in [4.78, 5) is 1.20. The standard InChI is InChI=1S/C5H10F3NO3S/c1-4(9(2)3)12-13(10,11)5(6,7)8/h4H,1-3H3. The van der Waals surface area contributed by atoms with Crippen molar-refractivity contribution in [1.29, 1.82) is 0 Å². The first-order valence-corrected chi connectivity index (χ1v) is 4.64. The third-order valence-electron chi connectivity index (χ3n) is 1.28. The molecule has 0 spiro atoms. The highest BCUT2D eigenvalue weighted by Crippen LogP contribution is 2.25. The highest BCUT2D eigenvalue weighted by atomic mass is 32.2. The lowest BCUT2D eigenvalue weighted by molar-refractivity contribution is -0.0624. The molecule has 1 atom stereocenters. The summed E-state index contributed by atoms with van der Waals surface area (Å²) in [7, 11) is -2.68. The first-order valence-electron chi connectivity index (χ1n) is 3.24. The summed E-state index contributed by atoms with van der Waals surface area (Å²) in [5.41, 5.74) is -5.36. The van der Waals surface area contributed by atoms with Gasteiger partial charge in [-0.3, -0.25) is 4.90 Å². The van der Waals surface area contributed by atoms with E-state index in [0.29, 0.717) is 0 Å². The van der Waals surface area contributed by atoms with E-state index in [9.17, 15) is 21.6 Å². The summed E-state index contributed by atoms with van der Waals surface area (Å²) in [5, 5.41) is 0. The molecular weight excluding hydrogens is 211 g/mol. The Morgan fingerprint density at radius 2 is 1.69 bits per heavy atom. The van der Waals surface area contributed by atoms with E-state index < -0.39 is 21.9 Å². The fourth-order valence-corrected chi connectivity index (χ4v) is 0.972. The summed E-state index contributed by atoms with van der Waals surface area (Å²) >= 11 is 0. The zero-order valence-electron chi connectivity index (χ0n) is 7.29. The molecule has 0 N–H and O–H groups in total. The maximum Gasteiger partial charge on any atom is 0.523 e. The van der Waals surface area contributed by atoms with Gasteiger partial charge in [0, 0.05) is 0 Å². The second-order valence-electron chi connectivity index (χ2n) is 2.56. The normalized spacial score (nSPS) is 16.2. The van der Waals surface area contributed by atoms with Crippen LogP contribution in [0.25, 0.3) is 0 Å². The molecule has 0 aliphatic carbocycles. The van der Waals surface area contributed by atoms with E-state index in [0.717, 1.165) is 0 Å². The molecule has 0 saturated heterocycles. The molecule has 0 aromatic rings. The van der Waals surface area contributed by atoms with Gasteiger partial charge in [-0.2, -0.15) is 21.6 Å². The first-order chi connectivity index (χ1) is 5.58. The third-order valence-corrected chi connectivity index (χ3v) is 2.38. The van der Waals surface area contributed by atoms with Crippen LogP contribution in [0.1, 0.15) is 6.92 Å². The maximum atomic E-state index is 11.7. The van der Waals surface area contributed by atoms with Crippen LogP contribution in [0.15, 0.2) is 0 Å². The molecule has 0 fully saturated rings. The van der Waals surface area contributed by atoms with Gasteiger partial charge in [0.15, 0.2) is 0 Å². The Balaban J connectivity index is 4.55. The molecule has 0 saturated carbocycles. The van der Waals surface area contributed by atoms with Crippen LogP contribution in [0, 0.1) is 0 Å². The number of rotatable bonds is 3. The van der Waals surface area contributed by atoms with E-state index in [1.165, 1.54) is 25.9 Å². The lowest BCUT2D eigenvalue weighted by Gasteiger charge is -2.20. The Hall–Kier alpha value is -0.340. The minimum Gasteiger partial charge on any atom is -0.284 e. The summed E-state index contributed by atoms with van der Waals surface area (Å²) in [6, 6.07) is 0. The average Bonchev–Trinajstić information content (AvgIpc) is 1.83. The van der Waals surface area contributed by atoms with Gasteiger partial charge in [0.1, 0.15) is 6.23 Å². The number of hydrogen-bond acceptors (Lipinski definition) is 4. The summed E-state index contributed by atoms with van der Waals surface area (Å²) < 4.78 is 59.8. The second-order valence-corrected chi connectivity index (χ2v) is 4.12. The molecular formula is C5H10F3NO3S. The van der Waals surface area contributed by atoms with Crippen molar-refractivity contribution in [3.63, 3.8) is 0 Å². The van der Waals surface area contributed by atoms with E-state index in [2.05, 4.69) is 4.18 Å². The van der Waals surface area contributed by atoms with Crippen LogP contribution >= 0.6 is 0 Å². The van der Waals surface area contributed by atoms with Crippen LogP contribution in [0.2, 0.25) is 0 Å². The molecule has 13 heavy (non-hydrogen) atoms. The Morgan fingerprint density at radius 3 is 1.92 bits per heavy atom. The zero-order valence-corrected chi connectivity index (χ0v) is 8.11. The van der Waals surface area contributed by atoms with Gasteiger partial charge in [0.05, 0.1) is 0 Å². The molecule has 1 unspecified atom stereocenters. The monoisotopic (exact) mass is 221 g/mol. The van der Waals surface area contributed by atoms with Crippen LogP contribution in [0.3, 0.4) is 0 Å². The lowest BCUT2D eigenvalue weighted by atomic mass is 10.6. The maximum absolute atomic E-state index is 11.7. The summed E-state index contributed by atoms with van der Waals surface area (Å²) in [6.45, 7) is 1.20. The fraction of sp³-hybridized carbons (Fsp3) is 1.00. The molecule has 0 aliphatic heterocycles. The molecule has 80 valence electrons. The van der Waals surface area contributed by atoms with Gasteiger partial charge >= 0.3 is 15.6 Å². The largest absolute Gasteiger partial charge is 0.523 e. The Labute approximate surface area is 74.4 Å². The molecule has 4 nitrogen and oxygen atoms in total. The van der Waals surface area contributed by atoms with Gasteiger partial charge in [-0.15, -0.1) is 0 Å². The minimum absolute atomic E-state index is 1.15. The van der Waals surface area contributed by atoms with Crippen LogP contribution in [0.4, 0.5) is 13.2 Å². The Kier molecular flexibility index (Phi) is 3.71. The number of hydrogen-bond donors (Lipinski definition) is 0. The predicted molar refractivity (Wildman–Crippen MR) is 39.2 cm³/mol. The molecule has 0 rings (SSSR count). The van der Waals surface area contributed by atoms with Gasteiger partial charge < -0.3 is 0 Å². The smallest absolute Gasteiger partial charge is 0.284 e. The molecule has 0 aromatic heterocycles. The van der Waals surface area contributed by atoms with Crippen molar-refractivity contribution in [3.8, 4) is 0 Å². The van der Waals surface area contributed by atoms with E-state index in [1.54, 1.807) is 0 Å². The minimum atomic E-state index is -5.48. The van der Waals surface area contributed by atoms with E-state index >= 15 is 0 Å². The van der Waals surface area contributed by atoms with Gasteiger partial charge in [-0.25, -0.2) is 4.18 Å². The fourth-order valence-electron chi connectivity index (χ4n) is 0.324.